The highest BCUT2D eigenvalue weighted by Gasteiger charge is 2.33. The molecule has 0 spiro atoms. The monoisotopic (exact) mass is 384 g/mol. The fourth-order valence-corrected chi connectivity index (χ4v) is 3.40. The van der Waals surface area contributed by atoms with E-state index < -0.39 is 6.04 Å². The topological polar surface area (TPSA) is 93.0 Å². The van der Waals surface area contributed by atoms with E-state index >= 15 is 0 Å². The molecule has 1 N–H and O–H groups in total. The van der Waals surface area contributed by atoms with Crippen molar-refractivity contribution >= 4 is 23.4 Å². The molecule has 2 atom stereocenters. The van der Waals surface area contributed by atoms with Crippen molar-refractivity contribution < 1.29 is 9.59 Å². The van der Waals surface area contributed by atoms with Crippen molar-refractivity contribution in [1.29, 1.82) is 0 Å². The summed E-state index contributed by atoms with van der Waals surface area (Å²) in [4.78, 5) is 26.4. The lowest BCUT2D eigenvalue weighted by Crippen LogP contribution is -2.48. The Morgan fingerprint density at radius 1 is 1.35 bits per heavy atom. The summed E-state index contributed by atoms with van der Waals surface area (Å²) in [6.07, 6.45) is 3.74. The maximum Gasteiger partial charge on any atom is 0.247 e. The molecule has 0 aromatic carbocycles. The number of carbonyl (C=O) groups is 2. The van der Waals surface area contributed by atoms with E-state index in [0.717, 1.165) is 32.2 Å². The Hall–Kier alpha value is -1.70. The van der Waals surface area contributed by atoms with E-state index in [1.807, 2.05) is 32.6 Å². The number of rotatable bonds is 6. The lowest BCUT2D eigenvalue weighted by Gasteiger charge is -2.37. The second-order valence-corrected chi connectivity index (χ2v) is 8.09. The zero-order valence-corrected chi connectivity index (χ0v) is 16.8. The molecule has 146 valence electrons. The first-order valence-electron chi connectivity index (χ1n) is 9.17. The molecule has 1 aromatic rings. The number of piperidine rings is 1. The summed E-state index contributed by atoms with van der Waals surface area (Å²) in [6, 6.07) is -0.346. The first-order chi connectivity index (χ1) is 12.3. The Morgan fingerprint density at radius 3 is 2.73 bits per heavy atom. The molecule has 1 aromatic heterocycles. The quantitative estimate of drug-likeness (QED) is 0.753. The van der Waals surface area contributed by atoms with Crippen molar-refractivity contribution in [2.45, 2.75) is 70.9 Å². The first kappa shape index (κ1) is 20.6. The molecule has 0 saturated carbocycles. The molecule has 0 radical (unpaired) electrons. The number of halogens is 1. The fraction of sp³-hybridized carbons (Fsp3) is 0.824. The van der Waals surface area contributed by atoms with Crippen LogP contribution in [-0.4, -0.2) is 61.9 Å². The third-order valence-electron chi connectivity index (χ3n) is 4.72. The minimum Gasteiger partial charge on any atom is -0.355 e. The predicted octanol–water partition coefficient (Wildman–Crippen LogP) is 1.66. The van der Waals surface area contributed by atoms with Gasteiger partial charge in [-0.15, -0.1) is 16.7 Å². The Bertz CT molecular complexity index is 627. The smallest absolute Gasteiger partial charge is 0.247 e. The van der Waals surface area contributed by atoms with Crippen molar-refractivity contribution in [3.8, 4) is 0 Å². The van der Waals surface area contributed by atoms with Gasteiger partial charge in [-0.25, -0.2) is 4.68 Å². The summed E-state index contributed by atoms with van der Waals surface area (Å²) in [7, 11) is 0. The molecular weight excluding hydrogens is 356 g/mol. The number of alkyl halides is 1. The van der Waals surface area contributed by atoms with Crippen LogP contribution in [0, 0.1) is 0 Å². The largest absolute Gasteiger partial charge is 0.355 e. The van der Waals surface area contributed by atoms with E-state index in [2.05, 4.69) is 20.8 Å². The SMILES string of the molecule is CC(C(=O)N1CCCCC1CCNC(=O)CCl)n1nnnc1C(C)(C)C. The third kappa shape index (κ3) is 4.93. The number of likely N-dealkylation sites (tertiary alicyclic amines) is 1. The van der Waals surface area contributed by atoms with Gasteiger partial charge in [-0.1, -0.05) is 20.8 Å². The number of nitrogens with one attached hydrogen (secondary N) is 1. The van der Waals surface area contributed by atoms with Gasteiger partial charge in [0.15, 0.2) is 5.82 Å². The standard InChI is InChI=1S/C17H29ClN6O2/c1-12(24-16(17(2,3)4)20-21-22-24)15(26)23-10-6-5-7-13(23)8-9-19-14(25)11-18/h12-13H,5-11H2,1-4H3,(H,19,25). The van der Waals surface area contributed by atoms with Gasteiger partial charge >= 0.3 is 0 Å². The second-order valence-electron chi connectivity index (χ2n) is 7.83. The number of tetrazole rings is 1. The van der Waals surface area contributed by atoms with Gasteiger partial charge in [-0.2, -0.15) is 0 Å². The van der Waals surface area contributed by atoms with Crippen LogP contribution >= 0.6 is 11.6 Å². The number of carbonyl (C=O) groups excluding carboxylic acids is 2. The van der Waals surface area contributed by atoms with E-state index in [9.17, 15) is 9.59 Å². The molecule has 9 heteroatoms. The van der Waals surface area contributed by atoms with E-state index in [0.29, 0.717) is 12.4 Å². The van der Waals surface area contributed by atoms with Crippen LogP contribution < -0.4 is 5.32 Å². The van der Waals surface area contributed by atoms with Gasteiger partial charge in [0.2, 0.25) is 11.8 Å². The van der Waals surface area contributed by atoms with Crippen molar-refractivity contribution in [3.05, 3.63) is 5.82 Å². The number of amides is 2. The summed E-state index contributed by atoms with van der Waals surface area (Å²) in [6.45, 7) is 9.16. The number of hydrogen-bond donors (Lipinski definition) is 1. The molecule has 0 bridgehead atoms. The third-order valence-corrected chi connectivity index (χ3v) is 4.96. The summed E-state index contributed by atoms with van der Waals surface area (Å²) >= 11 is 5.50. The predicted molar refractivity (Wildman–Crippen MR) is 98.9 cm³/mol. The van der Waals surface area contributed by atoms with Crippen LogP contribution in [0.25, 0.3) is 0 Å². The Balaban J connectivity index is 2.07. The summed E-state index contributed by atoms with van der Waals surface area (Å²) in [5, 5.41) is 14.7. The van der Waals surface area contributed by atoms with Gasteiger partial charge in [0.1, 0.15) is 11.9 Å². The van der Waals surface area contributed by atoms with Crippen LogP contribution in [0.15, 0.2) is 0 Å². The lowest BCUT2D eigenvalue weighted by atomic mass is 9.95. The highest BCUT2D eigenvalue weighted by molar-refractivity contribution is 6.27. The average Bonchev–Trinajstić information content (AvgIpc) is 3.11. The zero-order chi connectivity index (χ0) is 19.3. The highest BCUT2D eigenvalue weighted by atomic mass is 35.5. The average molecular weight is 385 g/mol. The van der Waals surface area contributed by atoms with Crippen LogP contribution in [0.4, 0.5) is 0 Å². The van der Waals surface area contributed by atoms with Crippen LogP contribution in [0.5, 0.6) is 0 Å². The minimum atomic E-state index is -0.461. The zero-order valence-electron chi connectivity index (χ0n) is 16.0. The van der Waals surface area contributed by atoms with Crippen molar-refractivity contribution in [2.75, 3.05) is 19.0 Å². The van der Waals surface area contributed by atoms with E-state index in [1.54, 1.807) is 4.68 Å². The van der Waals surface area contributed by atoms with Crippen LogP contribution in [0.2, 0.25) is 0 Å². The maximum atomic E-state index is 13.1. The molecule has 2 rings (SSSR count). The van der Waals surface area contributed by atoms with Crippen molar-refractivity contribution in [2.24, 2.45) is 0 Å². The van der Waals surface area contributed by atoms with Crippen LogP contribution in [-0.2, 0) is 15.0 Å². The molecule has 2 heterocycles. The molecular formula is C17H29ClN6O2. The molecule has 26 heavy (non-hydrogen) atoms. The van der Waals surface area contributed by atoms with Crippen LogP contribution in [0.1, 0.15) is 65.2 Å². The number of aromatic nitrogens is 4. The van der Waals surface area contributed by atoms with Gasteiger partial charge in [0, 0.05) is 24.5 Å². The van der Waals surface area contributed by atoms with E-state index in [1.165, 1.54) is 0 Å². The molecule has 1 saturated heterocycles. The summed E-state index contributed by atoms with van der Waals surface area (Å²) in [5.74, 6) is 0.494. The van der Waals surface area contributed by atoms with Gasteiger partial charge in [-0.05, 0) is 43.0 Å². The van der Waals surface area contributed by atoms with E-state index in [4.69, 9.17) is 11.6 Å². The second kappa shape index (κ2) is 8.79. The Labute approximate surface area is 159 Å². The number of nitrogens with zero attached hydrogens (tertiary/aromatic N) is 5. The molecule has 1 aliphatic rings. The van der Waals surface area contributed by atoms with Gasteiger partial charge in [-0.3, -0.25) is 9.59 Å². The van der Waals surface area contributed by atoms with Crippen molar-refractivity contribution in [3.63, 3.8) is 0 Å². The molecule has 8 nitrogen and oxygen atoms in total. The molecule has 2 amide bonds. The van der Waals surface area contributed by atoms with Crippen molar-refractivity contribution in [1.82, 2.24) is 30.4 Å². The lowest BCUT2D eigenvalue weighted by molar-refractivity contribution is -0.138. The molecule has 2 unspecified atom stereocenters. The Kier molecular flexibility index (Phi) is 6.97. The normalized spacial score (nSPS) is 19.3. The summed E-state index contributed by atoms with van der Waals surface area (Å²) < 4.78 is 1.63. The minimum absolute atomic E-state index is 0.0242. The van der Waals surface area contributed by atoms with Crippen LogP contribution in [0.3, 0.4) is 0 Å². The first-order valence-corrected chi connectivity index (χ1v) is 9.70. The Morgan fingerprint density at radius 2 is 2.08 bits per heavy atom. The summed E-state index contributed by atoms with van der Waals surface area (Å²) in [5.41, 5.74) is -0.245. The fourth-order valence-electron chi connectivity index (χ4n) is 3.31. The maximum absolute atomic E-state index is 13.1. The van der Waals surface area contributed by atoms with Gasteiger partial charge < -0.3 is 10.2 Å². The van der Waals surface area contributed by atoms with E-state index in [-0.39, 0.29) is 29.2 Å². The van der Waals surface area contributed by atoms with Gasteiger partial charge in [0.25, 0.3) is 0 Å². The molecule has 1 aliphatic heterocycles. The number of hydrogen-bond acceptors (Lipinski definition) is 5. The highest BCUT2D eigenvalue weighted by Crippen LogP contribution is 2.26. The molecule has 0 aliphatic carbocycles. The molecule has 1 fully saturated rings. The van der Waals surface area contributed by atoms with Gasteiger partial charge in [0.05, 0.1) is 0 Å².